The van der Waals surface area contributed by atoms with E-state index >= 15 is 0 Å². The molecular formula is C28H51NO3. The van der Waals surface area contributed by atoms with Crippen molar-refractivity contribution in [1.29, 1.82) is 0 Å². The van der Waals surface area contributed by atoms with Gasteiger partial charge in [0.15, 0.2) is 0 Å². The van der Waals surface area contributed by atoms with Gasteiger partial charge in [-0.05, 0) is 44.9 Å². The lowest BCUT2D eigenvalue weighted by atomic mass is 10.0. The Labute approximate surface area is 198 Å². The minimum Gasteiger partial charge on any atom is -0.394 e. The predicted octanol–water partition coefficient (Wildman–Crippen LogP) is 6.77. The number of carbonyl (C=O) groups is 1. The topological polar surface area (TPSA) is 69.6 Å². The van der Waals surface area contributed by atoms with Crippen LogP contribution in [-0.4, -0.2) is 34.9 Å². The Bertz CT molecular complexity index is 499. The molecule has 1 amide bonds. The van der Waals surface area contributed by atoms with Gasteiger partial charge in [0.05, 0.1) is 18.8 Å². The monoisotopic (exact) mass is 449 g/mol. The highest BCUT2D eigenvalue weighted by molar-refractivity contribution is 5.76. The van der Waals surface area contributed by atoms with Gasteiger partial charge in [-0.1, -0.05) is 102 Å². The van der Waals surface area contributed by atoms with E-state index in [9.17, 15) is 15.0 Å². The molecule has 32 heavy (non-hydrogen) atoms. The van der Waals surface area contributed by atoms with Crippen LogP contribution in [0, 0.1) is 0 Å². The third kappa shape index (κ3) is 20.5. The largest absolute Gasteiger partial charge is 0.394 e. The summed E-state index contributed by atoms with van der Waals surface area (Å²) in [6.07, 6.45) is 29.1. The molecule has 4 nitrogen and oxygen atoms in total. The van der Waals surface area contributed by atoms with Gasteiger partial charge in [-0.15, -0.1) is 0 Å². The van der Waals surface area contributed by atoms with Crippen LogP contribution in [-0.2, 0) is 4.79 Å². The van der Waals surface area contributed by atoms with Crippen molar-refractivity contribution < 1.29 is 15.0 Å². The van der Waals surface area contributed by atoms with Crippen LogP contribution in [0.4, 0.5) is 0 Å². The number of hydrogen-bond acceptors (Lipinski definition) is 3. The molecular weight excluding hydrogens is 398 g/mol. The van der Waals surface area contributed by atoms with Gasteiger partial charge in [-0.2, -0.15) is 0 Å². The maximum absolute atomic E-state index is 12.1. The standard InChI is InChI=1S/C28H51NO3/c1-3-5-7-9-10-11-12-13-14-15-16-17-18-20-22-24-28(32)29-26(25-30)27(31)23-21-19-8-6-4-2/h5,7,10-11,13-14,26-27,30-31H,3-4,6,8-9,12,15-25H2,1-2H3,(H,29,32)/b7-5-,11-10-,14-13-. The summed E-state index contributed by atoms with van der Waals surface area (Å²) in [5.74, 6) is -0.0599. The number of hydrogen-bond donors (Lipinski definition) is 3. The molecule has 186 valence electrons. The SMILES string of the molecule is CC/C=C\C/C=C\C/C=C\CCCCCCCC(=O)NC(CO)C(O)CCCCCCC. The van der Waals surface area contributed by atoms with Crippen molar-refractivity contribution in [2.45, 2.75) is 129 Å². The number of nitrogens with one attached hydrogen (secondary N) is 1. The third-order valence-corrected chi connectivity index (χ3v) is 5.67. The fraction of sp³-hybridized carbons (Fsp3) is 0.750. The average Bonchev–Trinajstić information content (AvgIpc) is 2.79. The normalized spacial score (nSPS) is 14.0. The van der Waals surface area contributed by atoms with Gasteiger partial charge in [0.2, 0.25) is 5.91 Å². The molecule has 4 heteroatoms. The van der Waals surface area contributed by atoms with Crippen molar-refractivity contribution in [2.24, 2.45) is 0 Å². The van der Waals surface area contributed by atoms with Gasteiger partial charge < -0.3 is 15.5 Å². The summed E-state index contributed by atoms with van der Waals surface area (Å²) in [5, 5.41) is 22.5. The second-order valence-corrected chi connectivity index (χ2v) is 8.73. The van der Waals surface area contributed by atoms with E-state index in [1.165, 1.54) is 32.1 Å². The zero-order valence-electron chi connectivity index (χ0n) is 20.9. The zero-order valence-corrected chi connectivity index (χ0v) is 20.9. The smallest absolute Gasteiger partial charge is 0.220 e. The van der Waals surface area contributed by atoms with E-state index in [1.807, 2.05) is 0 Å². The molecule has 0 rings (SSSR count). The second kappa shape index (κ2) is 24.3. The maximum Gasteiger partial charge on any atom is 0.220 e. The molecule has 0 aromatic carbocycles. The average molecular weight is 450 g/mol. The van der Waals surface area contributed by atoms with Gasteiger partial charge in [0, 0.05) is 6.42 Å². The highest BCUT2D eigenvalue weighted by atomic mass is 16.3. The number of unbranched alkanes of at least 4 members (excludes halogenated alkanes) is 9. The number of amides is 1. The Morgan fingerprint density at radius 3 is 2.06 bits per heavy atom. The van der Waals surface area contributed by atoms with Gasteiger partial charge in [-0.3, -0.25) is 4.79 Å². The minimum absolute atomic E-state index is 0.0599. The summed E-state index contributed by atoms with van der Waals surface area (Å²) in [7, 11) is 0. The number of aliphatic hydroxyl groups excluding tert-OH is 2. The van der Waals surface area contributed by atoms with Crippen molar-refractivity contribution in [3.05, 3.63) is 36.5 Å². The molecule has 0 aliphatic rings. The van der Waals surface area contributed by atoms with E-state index in [-0.39, 0.29) is 12.5 Å². The van der Waals surface area contributed by atoms with Crippen LogP contribution in [0.3, 0.4) is 0 Å². The van der Waals surface area contributed by atoms with Crippen molar-refractivity contribution in [3.63, 3.8) is 0 Å². The molecule has 0 bridgehead atoms. The number of aliphatic hydroxyl groups is 2. The lowest BCUT2D eigenvalue weighted by Gasteiger charge is -2.22. The fourth-order valence-electron chi connectivity index (χ4n) is 3.61. The van der Waals surface area contributed by atoms with Gasteiger partial charge >= 0.3 is 0 Å². The van der Waals surface area contributed by atoms with Crippen molar-refractivity contribution in [2.75, 3.05) is 6.61 Å². The van der Waals surface area contributed by atoms with Crippen LogP contribution in [0.5, 0.6) is 0 Å². The molecule has 0 aromatic heterocycles. The summed E-state index contributed by atoms with van der Waals surface area (Å²) in [5.41, 5.74) is 0. The molecule has 0 aromatic rings. The first-order chi connectivity index (χ1) is 15.7. The van der Waals surface area contributed by atoms with Crippen LogP contribution in [0.1, 0.15) is 117 Å². The molecule has 0 saturated heterocycles. The van der Waals surface area contributed by atoms with Crippen molar-refractivity contribution in [3.8, 4) is 0 Å². The van der Waals surface area contributed by atoms with E-state index in [0.717, 1.165) is 57.8 Å². The number of rotatable bonds is 22. The predicted molar refractivity (Wildman–Crippen MR) is 138 cm³/mol. The van der Waals surface area contributed by atoms with Crippen LogP contribution in [0.25, 0.3) is 0 Å². The summed E-state index contributed by atoms with van der Waals surface area (Å²) in [4.78, 5) is 12.1. The highest BCUT2D eigenvalue weighted by Gasteiger charge is 2.19. The Hall–Kier alpha value is -1.39. The van der Waals surface area contributed by atoms with Gasteiger partial charge in [0.1, 0.15) is 0 Å². The summed E-state index contributed by atoms with van der Waals surface area (Å²) >= 11 is 0. The minimum atomic E-state index is -0.660. The lowest BCUT2D eigenvalue weighted by molar-refractivity contribution is -0.123. The molecule has 0 aliphatic carbocycles. The summed E-state index contributed by atoms with van der Waals surface area (Å²) < 4.78 is 0. The van der Waals surface area contributed by atoms with Crippen molar-refractivity contribution in [1.82, 2.24) is 5.32 Å². The van der Waals surface area contributed by atoms with Crippen LogP contribution < -0.4 is 5.32 Å². The second-order valence-electron chi connectivity index (χ2n) is 8.73. The Morgan fingerprint density at radius 1 is 0.781 bits per heavy atom. The van der Waals surface area contributed by atoms with E-state index < -0.39 is 12.1 Å². The lowest BCUT2D eigenvalue weighted by Crippen LogP contribution is -2.45. The molecule has 0 aliphatic heterocycles. The Kier molecular flexibility index (Phi) is 23.2. The third-order valence-electron chi connectivity index (χ3n) is 5.67. The first-order valence-electron chi connectivity index (χ1n) is 13.2. The van der Waals surface area contributed by atoms with Crippen molar-refractivity contribution >= 4 is 5.91 Å². The van der Waals surface area contributed by atoms with E-state index in [2.05, 4.69) is 55.6 Å². The first-order valence-corrected chi connectivity index (χ1v) is 13.2. The number of carbonyl (C=O) groups excluding carboxylic acids is 1. The summed E-state index contributed by atoms with van der Waals surface area (Å²) in [6, 6.07) is -0.539. The molecule has 0 heterocycles. The van der Waals surface area contributed by atoms with Crippen LogP contribution in [0.2, 0.25) is 0 Å². The van der Waals surface area contributed by atoms with Gasteiger partial charge in [-0.25, -0.2) is 0 Å². The highest BCUT2D eigenvalue weighted by Crippen LogP contribution is 2.11. The van der Waals surface area contributed by atoms with E-state index in [1.54, 1.807) is 0 Å². The molecule has 3 N–H and O–H groups in total. The first kappa shape index (κ1) is 30.6. The van der Waals surface area contributed by atoms with E-state index in [0.29, 0.717) is 12.8 Å². The molecule has 2 atom stereocenters. The van der Waals surface area contributed by atoms with Crippen LogP contribution in [0.15, 0.2) is 36.5 Å². The Balaban J connectivity index is 3.66. The van der Waals surface area contributed by atoms with Gasteiger partial charge in [0.25, 0.3) is 0 Å². The van der Waals surface area contributed by atoms with Crippen LogP contribution >= 0.6 is 0 Å². The molecule has 2 unspecified atom stereocenters. The van der Waals surface area contributed by atoms with E-state index in [4.69, 9.17) is 0 Å². The molecule has 0 saturated carbocycles. The Morgan fingerprint density at radius 2 is 1.38 bits per heavy atom. The number of allylic oxidation sites excluding steroid dienone is 6. The molecule has 0 spiro atoms. The fourth-order valence-corrected chi connectivity index (χ4v) is 3.61. The zero-order chi connectivity index (χ0) is 23.7. The summed E-state index contributed by atoms with van der Waals surface area (Å²) in [6.45, 7) is 4.12. The maximum atomic E-state index is 12.1. The quantitative estimate of drug-likeness (QED) is 0.126. The molecule has 0 radical (unpaired) electrons. The molecule has 0 fully saturated rings.